The molecular formula is C23H30N4O2. The zero-order chi connectivity index (χ0) is 20.9. The van der Waals surface area contributed by atoms with E-state index in [9.17, 15) is 9.90 Å². The minimum atomic E-state index is 0.0834. The van der Waals surface area contributed by atoms with E-state index in [4.69, 9.17) is 0 Å². The summed E-state index contributed by atoms with van der Waals surface area (Å²) in [7, 11) is 4.28. The third-order valence-corrected chi connectivity index (χ3v) is 7.36. The number of aryl methyl sites for hydroxylation is 1. The number of hydrogen-bond acceptors (Lipinski definition) is 6. The molecule has 0 saturated carbocycles. The zero-order valence-electron chi connectivity index (χ0n) is 17.9. The molecule has 1 aliphatic carbocycles. The number of ketones is 1. The lowest BCUT2D eigenvalue weighted by Gasteiger charge is -2.51. The lowest BCUT2D eigenvalue weighted by Crippen LogP contribution is -2.59. The number of hydrogen-bond donors (Lipinski definition) is 1. The second-order valence-electron chi connectivity index (χ2n) is 9.06. The molecule has 154 valence electrons. The van der Waals surface area contributed by atoms with Gasteiger partial charge in [-0.3, -0.25) is 4.79 Å². The monoisotopic (exact) mass is 394 g/mol. The van der Waals surface area contributed by atoms with Crippen molar-refractivity contribution in [3.05, 3.63) is 35.4 Å². The van der Waals surface area contributed by atoms with Gasteiger partial charge in [-0.05, 0) is 69.5 Å². The number of benzene rings is 1. The van der Waals surface area contributed by atoms with Crippen LogP contribution < -0.4 is 4.90 Å². The number of Topliss-reactive ketones (excluding diaryl/α,β-unsaturated/α-hetero) is 1. The van der Waals surface area contributed by atoms with Gasteiger partial charge in [0.2, 0.25) is 0 Å². The third kappa shape index (κ3) is 3.29. The molecule has 1 saturated heterocycles. The number of aromatic nitrogens is 2. The molecule has 2 unspecified atom stereocenters. The van der Waals surface area contributed by atoms with E-state index in [-0.39, 0.29) is 17.1 Å². The first-order valence-corrected chi connectivity index (χ1v) is 10.4. The fourth-order valence-corrected chi connectivity index (χ4v) is 4.73. The predicted molar refractivity (Wildman–Crippen MR) is 114 cm³/mol. The van der Waals surface area contributed by atoms with Gasteiger partial charge in [0, 0.05) is 42.7 Å². The van der Waals surface area contributed by atoms with Crippen LogP contribution in [0, 0.1) is 5.92 Å². The second-order valence-corrected chi connectivity index (χ2v) is 9.06. The number of phenolic OH excluding ortho intramolecular Hbond substituents is 1. The SMILES string of the molecule is CC1C(N(C)c2ccc(-c3cc4c(cc3O)C(=O)CC4)nn2)CCN(C)C1(C)C. The van der Waals surface area contributed by atoms with E-state index < -0.39 is 0 Å². The number of carbonyl (C=O) groups is 1. The average molecular weight is 395 g/mol. The van der Waals surface area contributed by atoms with Crippen LogP contribution in [-0.2, 0) is 6.42 Å². The molecule has 2 aliphatic rings. The Bertz CT molecular complexity index is 939. The maximum absolute atomic E-state index is 11.9. The van der Waals surface area contributed by atoms with Crippen molar-refractivity contribution >= 4 is 11.6 Å². The second kappa shape index (κ2) is 7.10. The molecule has 0 bridgehead atoms. The minimum absolute atomic E-state index is 0.0834. The summed E-state index contributed by atoms with van der Waals surface area (Å²) in [5, 5.41) is 19.3. The minimum Gasteiger partial charge on any atom is -0.507 e. The van der Waals surface area contributed by atoms with Crippen LogP contribution in [0.4, 0.5) is 5.82 Å². The summed E-state index contributed by atoms with van der Waals surface area (Å²) in [5.74, 6) is 1.49. The summed E-state index contributed by atoms with van der Waals surface area (Å²) < 4.78 is 0. The van der Waals surface area contributed by atoms with E-state index in [2.05, 4.69) is 54.9 Å². The summed E-state index contributed by atoms with van der Waals surface area (Å²) in [6.45, 7) is 7.96. The third-order valence-electron chi connectivity index (χ3n) is 7.36. The standard InChI is InChI=1S/C23H30N4O2/c1-14-19(10-11-26(4)23(14,2)3)27(5)22-9-7-18(24-25-22)17-12-15-6-8-20(28)16(15)13-21(17)29/h7,9,12-14,19,29H,6,8,10-11H2,1-5H3. The molecule has 0 amide bonds. The van der Waals surface area contributed by atoms with Gasteiger partial charge in [0.25, 0.3) is 0 Å². The van der Waals surface area contributed by atoms with Crippen molar-refractivity contribution in [3.8, 4) is 17.0 Å². The van der Waals surface area contributed by atoms with Crippen LogP contribution in [0.15, 0.2) is 24.3 Å². The van der Waals surface area contributed by atoms with Gasteiger partial charge in [0.1, 0.15) is 5.75 Å². The molecule has 1 aromatic heterocycles. The van der Waals surface area contributed by atoms with Crippen molar-refractivity contribution in [1.82, 2.24) is 15.1 Å². The number of aromatic hydroxyl groups is 1. The molecule has 1 aromatic carbocycles. The van der Waals surface area contributed by atoms with Crippen molar-refractivity contribution < 1.29 is 9.90 Å². The predicted octanol–water partition coefficient (Wildman–Crippen LogP) is 3.53. The first kappa shape index (κ1) is 19.8. The molecule has 0 radical (unpaired) electrons. The highest BCUT2D eigenvalue weighted by molar-refractivity contribution is 6.01. The molecule has 1 fully saturated rings. The average Bonchev–Trinajstić information content (AvgIpc) is 3.06. The highest BCUT2D eigenvalue weighted by Crippen LogP contribution is 2.37. The van der Waals surface area contributed by atoms with Gasteiger partial charge in [0.05, 0.1) is 5.69 Å². The van der Waals surface area contributed by atoms with E-state index in [1.807, 2.05) is 18.2 Å². The Labute approximate surface area is 172 Å². The van der Waals surface area contributed by atoms with E-state index >= 15 is 0 Å². The Balaban J connectivity index is 1.58. The van der Waals surface area contributed by atoms with E-state index in [0.717, 1.165) is 30.8 Å². The molecule has 29 heavy (non-hydrogen) atoms. The molecule has 6 nitrogen and oxygen atoms in total. The number of carbonyl (C=O) groups excluding carboxylic acids is 1. The Morgan fingerprint density at radius 2 is 1.93 bits per heavy atom. The van der Waals surface area contributed by atoms with Gasteiger partial charge in [-0.25, -0.2) is 0 Å². The summed E-state index contributed by atoms with van der Waals surface area (Å²) in [5.41, 5.74) is 2.99. The van der Waals surface area contributed by atoms with Crippen molar-refractivity contribution in [2.24, 2.45) is 5.92 Å². The largest absolute Gasteiger partial charge is 0.507 e. The van der Waals surface area contributed by atoms with Crippen LogP contribution in [0.5, 0.6) is 5.75 Å². The van der Waals surface area contributed by atoms with Crippen molar-refractivity contribution in [2.75, 3.05) is 25.5 Å². The molecule has 1 aliphatic heterocycles. The molecule has 1 N–H and O–H groups in total. The van der Waals surface area contributed by atoms with Crippen molar-refractivity contribution in [3.63, 3.8) is 0 Å². The number of nitrogens with zero attached hydrogens (tertiary/aromatic N) is 4. The maximum atomic E-state index is 11.9. The molecule has 6 heteroatoms. The molecule has 4 rings (SSSR count). The van der Waals surface area contributed by atoms with E-state index in [1.54, 1.807) is 6.07 Å². The summed E-state index contributed by atoms with van der Waals surface area (Å²) >= 11 is 0. The smallest absolute Gasteiger partial charge is 0.163 e. The lowest BCUT2D eigenvalue weighted by atomic mass is 9.77. The zero-order valence-corrected chi connectivity index (χ0v) is 17.9. The molecule has 2 heterocycles. The fourth-order valence-electron chi connectivity index (χ4n) is 4.73. The van der Waals surface area contributed by atoms with Crippen molar-refractivity contribution in [2.45, 2.75) is 51.6 Å². The van der Waals surface area contributed by atoms with Crippen LogP contribution in [0.25, 0.3) is 11.3 Å². The first-order chi connectivity index (χ1) is 13.7. The number of likely N-dealkylation sites (tertiary alicyclic amines) is 1. The van der Waals surface area contributed by atoms with Gasteiger partial charge in [0.15, 0.2) is 11.6 Å². The Hall–Kier alpha value is -2.47. The number of piperidine rings is 1. The number of fused-ring (bicyclic) bond motifs is 1. The van der Waals surface area contributed by atoms with E-state index in [0.29, 0.717) is 35.2 Å². The van der Waals surface area contributed by atoms with Crippen LogP contribution in [0.1, 0.15) is 49.5 Å². The summed E-state index contributed by atoms with van der Waals surface area (Å²) in [6.07, 6.45) is 2.32. The number of phenols is 1. The topological polar surface area (TPSA) is 69.6 Å². The van der Waals surface area contributed by atoms with Gasteiger partial charge in [-0.2, -0.15) is 0 Å². The Morgan fingerprint density at radius 1 is 1.17 bits per heavy atom. The Morgan fingerprint density at radius 3 is 2.62 bits per heavy atom. The van der Waals surface area contributed by atoms with E-state index in [1.165, 1.54) is 0 Å². The van der Waals surface area contributed by atoms with Crippen molar-refractivity contribution in [1.29, 1.82) is 0 Å². The first-order valence-electron chi connectivity index (χ1n) is 10.4. The quantitative estimate of drug-likeness (QED) is 0.859. The fraction of sp³-hybridized carbons (Fsp3) is 0.522. The molecule has 2 atom stereocenters. The molecule has 2 aromatic rings. The van der Waals surface area contributed by atoms with Gasteiger partial charge >= 0.3 is 0 Å². The van der Waals surface area contributed by atoms with Crippen LogP contribution in [-0.4, -0.2) is 58.2 Å². The van der Waals surface area contributed by atoms with Gasteiger partial charge < -0.3 is 14.9 Å². The maximum Gasteiger partial charge on any atom is 0.163 e. The number of anilines is 1. The Kier molecular flexibility index (Phi) is 4.85. The highest BCUT2D eigenvalue weighted by atomic mass is 16.3. The number of rotatable bonds is 3. The van der Waals surface area contributed by atoms with Gasteiger partial charge in [-0.15, -0.1) is 10.2 Å². The normalized spacial score (nSPS) is 23.8. The lowest BCUT2D eigenvalue weighted by molar-refractivity contribution is 0.0391. The highest BCUT2D eigenvalue weighted by Gasteiger charge is 2.41. The summed E-state index contributed by atoms with van der Waals surface area (Å²) in [6, 6.07) is 7.72. The molecule has 0 spiro atoms. The van der Waals surface area contributed by atoms with Crippen LogP contribution in [0.3, 0.4) is 0 Å². The summed E-state index contributed by atoms with van der Waals surface area (Å²) in [4.78, 5) is 16.5. The van der Waals surface area contributed by atoms with Crippen LogP contribution in [0.2, 0.25) is 0 Å². The van der Waals surface area contributed by atoms with Crippen LogP contribution >= 0.6 is 0 Å². The molecular weight excluding hydrogens is 364 g/mol. The van der Waals surface area contributed by atoms with Gasteiger partial charge in [-0.1, -0.05) is 6.92 Å².